The SMILES string of the molecule is CP(C)(=O)OC(c1ccccc1)P(C)(C)=O. The van der Waals surface area contributed by atoms with Gasteiger partial charge >= 0.3 is 0 Å². The minimum atomic E-state index is -2.66. The highest BCUT2D eigenvalue weighted by Crippen LogP contribution is 2.59. The van der Waals surface area contributed by atoms with Crippen molar-refractivity contribution >= 4 is 14.5 Å². The summed E-state index contributed by atoms with van der Waals surface area (Å²) in [4.78, 5) is 0. The summed E-state index contributed by atoms with van der Waals surface area (Å²) in [6.45, 7) is 6.39. The highest BCUT2D eigenvalue weighted by molar-refractivity contribution is 7.64. The summed E-state index contributed by atoms with van der Waals surface area (Å²) < 4.78 is 29.3. The number of benzene rings is 1. The van der Waals surface area contributed by atoms with Gasteiger partial charge in [0.25, 0.3) is 0 Å². The Balaban J connectivity index is 3.08. The molecule has 0 aromatic heterocycles. The van der Waals surface area contributed by atoms with E-state index in [1.54, 1.807) is 26.7 Å². The van der Waals surface area contributed by atoms with Gasteiger partial charge < -0.3 is 9.09 Å². The molecule has 16 heavy (non-hydrogen) atoms. The van der Waals surface area contributed by atoms with Crippen LogP contribution in [0.15, 0.2) is 30.3 Å². The normalized spacial score (nSPS) is 14.8. The molecule has 1 unspecified atom stereocenters. The van der Waals surface area contributed by atoms with Crippen LogP contribution in [0.3, 0.4) is 0 Å². The molecule has 1 atom stereocenters. The molecule has 0 amide bonds. The second kappa shape index (κ2) is 4.87. The second-order valence-electron chi connectivity index (χ2n) is 4.55. The molecule has 90 valence electrons. The van der Waals surface area contributed by atoms with Crippen molar-refractivity contribution < 1.29 is 13.7 Å². The van der Waals surface area contributed by atoms with Crippen molar-refractivity contribution in [2.24, 2.45) is 0 Å². The topological polar surface area (TPSA) is 43.4 Å². The molecule has 0 aliphatic carbocycles. The van der Waals surface area contributed by atoms with Gasteiger partial charge in [-0.3, -0.25) is 4.57 Å². The fourth-order valence-electron chi connectivity index (χ4n) is 1.39. The molecule has 0 fully saturated rings. The van der Waals surface area contributed by atoms with Crippen LogP contribution < -0.4 is 0 Å². The van der Waals surface area contributed by atoms with Crippen molar-refractivity contribution in [3.05, 3.63) is 35.9 Å². The summed E-state index contributed by atoms with van der Waals surface area (Å²) in [6.07, 6.45) is 0. The Morgan fingerprint density at radius 3 is 1.88 bits per heavy atom. The molecule has 1 aromatic carbocycles. The zero-order valence-electron chi connectivity index (χ0n) is 10.1. The minimum Gasteiger partial charge on any atom is -0.321 e. The Kier molecular flexibility index (Phi) is 4.17. The molecule has 1 aromatic rings. The van der Waals surface area contributed by atoms with E-state index < -0.39 is 20.4 Å². The van der Waals surface area contributed by atoms with Gasteiger partial charge in [-0.15, -0.1) is 0 Å². The molecular weight excluding hydrogens is 242 g/mol. The third-order valence-electron chi connectivity index (χ3n) is 2.00. The highest BCUT2D eigenvalue weighted by Gasteiger charge is 2.29. The Hall–Kier alpha value is -0.360. The standard InChI is InChI=1S/C11H18O3P2/c1-15(2,12)11(14-16(3,4)13)10-8-6-5-7-9-10/h5-9,11H,1-4H3. The lowest BCUT2D eigenvalue weighted by Crippen LogP contribution is -2.02. The van der Waals surface area contributed by atoms with Crippen LogP contribution >= 0.6 is 14.5 Å². The van der Waals surface area contributed by atoms with Gasteiger partial charge in [0.05, 0.1) is 0 Å². The molecule has 0 saturated carbocycles. The molecule has 0 N–H and O–H groups in total. The van der Waals surface area contributed by atoms with Crippen LogP contribution in [0.1, 0.15) is 11.4 Å². The van der Waals surface area contributed by atoms with Gasteiger partial charge in [-0.25, -0.2) is 0 Å². The quantitative estimate of drug-likeness (QED) is 0.772. The summed E-state index contributed by atoms with van der Waals surface area (Å²) in [6, 6.07) is 9.30. The highest BCUT2D eigenvalue weighted by atomic mass is 31.2. The van der Waals surface area contributed by atoms with E-state index in [2.05, 4.69) is 0 Å². The summed E-state index contributed by atoms with van der Waals surface area (Å²) >= 11 is 0. The summed E-state index contributed by atoms with van der Waals surface area (Å²) in [5, 5.41) is 0. The second-order valence-corrected chi connectivity index (χ2v) is 10.6. The molecule has 0 radical (unpaired) electrons. The van der Waals surface area contributed by atoms with Gasteiger partial charge in [0.2, 0.25) is 0 Å². The molecule has 0 aliphatic rings. The minimum absolute atomic E-state index is 0.575. The van der Waals surface area contributed by atoms with Gasteiger partial charge in [-0.1, -0.05) is 30.3 Å². The monoisotopic (exact) mass is 260 g/mol. The average molecular weight is 260 g/mol. The van der Waals surface area contributed by atoms with Gasteiger partial charge in [-0.05, 0) is 18.9 Å². The number of rotatable bonds is 4. The Labute approximate surface area is 97.0 Å². The van der Waals surface area contributed by atoms with Crippen LogP contribution in [-0.4, -0.2) is 26.7 Å². The van der Waals surface area contributed by atoms with E-state index in [9.17, 15) is 9.13 Å². The van der Waals surface area contributed by atoms with Crippen LogP contribution in [0.25, 0.3) is 0 Å². The first-order chi connectivity index (χ1) is 7.20. The van der Waals surface area contributed by atoms with Gasteiger partial charge in [0.15, 0.2) is 7.37 Å². The van der Waals surface area contributed by atoms with Crippen molar-refractivity contribution in [3.63, 3.8) is 0 Å². The molecule has 0 aliphatic heterocycles. The van der Waals surface area contributed by atoms with Crippen molar-refractivity contribution in [2.75, 3.05) is 26.7 Å². The first-order valence-electron chi connectivity index (χ1n) is 5.03. The average Bonchev–Trinajstić information content (AvgIpc) is 2.13. The smallest absolute Gasteiger partial charge is 0.198 e. The van der Waals surface area contributed by atoms with E-state index in [0.717, 1.165) is 5.56 Å². The molecule has 0 saturated heterocycles. The van der Waals surface area contributed by atoms with Crippen LogP contribution in [0.2, 0.25) is 0 Å². The van der Waals surface area contributed by atoms with Gasteiger partial charge in [-0.2, -0.15) is 0 Å². The number of hydrogen-bond acceptors (Lipinski definition) is 3. The molecule has 0 bridgehead atoms. The van der Waals surface area contributed by atoms with Gasteiger partial charge in [0, 0.05) is 13.3 Å². The molecule has 5 heteroatoms. The Morgan fingerprint density at radius 1 is 1.00 bits per heavy atom. The fraction of sp³-hybridized carbons (Fsp3) is 0.455. The van der Waals surface area contributed by atoms with Crippen LogP contribution in [0.5, 0.6) is 0 Å². The largest absolute Gasteiger partial charge is 0.321 e. The molecule has 0 spiro atoms. The maximum Gasteiger partial charge on any atom is 0.198 e. The lowest BCUT2D eigenvalue weighted by Gasteiger charge is -2.24. The van der Waals surface area contributed by atoms with Crippen LogP contribution in [0, 0.1) is 0 Å². The molecular formula is C11H18O3P2. The molecule has 3 nitrogen and oxygen atoms in total. The van der Waals surface area contributed by atoms with E-state index >= 15 is 0 Å². The number of hydrogen-bond donors (Lipinski definition) is 0. The summed E-state index contributed by atoms with van der Waals surface area (Å²) in [5.41, 5.74) is 0.819. The Morgan fingerprint density at radius 2 is 1.50 bits per heavy atom. The van der Waals surface area contributed by atoms with E-state index in [0.29, 0.717) is 0 Å². The van der Waals surface area contributed by atoms with Crippen LogP contribution in [0.4, 0.5) is 0 Å². The summed E-state index contributed by atoms with van der Waals surface area (Å²) in [5.74, 6) is -0.575. The van der Waals surface area contributed by atoms with Crippen molar-refractivity contribution in [3.8, 4) is 0 Å². The maximum absolute atomic E-state index is 12.1. The van der Waals surface area contributed by atoms with Crippen molar-refractivity contribution in [1.82, 2.24) is 0 Å². The summed E-state index contributed by atoms with van der Waals surface area (Å²) in [7, 11) is -5.14. The van der Waals surface area contributed by atoms with E-state index in [1.165, 1.54) is 0 Å². The molecule has 1 rings (SSSR count). The van der Waals surface area contributed by atoms with Gasteiger partial charge in [0.1, 0.15) is 13.0 Å². The zero-order chi connectivity index (χ0) is 12.4. The molecule has 0 heterocycles. The van der Waals surface area contributed by atoms with E-state index in [1.807, 2.05) is 30.3 Å². The fourth-order valence-corrected chi connectivity index (χ4v) is 4.47. The van der Waals surface area contributed by atoms with Crippen LogP contribution in [-0.2, 0) is 13.7 Å². The first-order valence-corrected chi connectivity index (χ1v) is 10.2. The first kappa shape index (κ1) is 13.7. The lowest BCUT2D eigenvalue weighted by atomic mass is 10.2. The van der Waals surface area contributed by atoms with E-state index in [4.69, 9.17) is 4.52 Å². The maximum atomic E-state index is 12.1. The third kappa shape index (κ3) is 4.25. The predicted molar refractivity (Wildman–Crippen MR) is 69.2 cm³/mol. The van der Waals surface area contributed by atoms with Crippen molar-refractivity contribution in [1.29, 1.82) is 0 Å². The predicted octanol–water partition coefficient (Wildman–Crippen LogP) is 3.86. The Bertz CT molecular complexity index is 430. The van der Waals surface area contributed by atoms with E-state index in [-0.39, 0.29) is 0 Å². The zero-order valence-corrected chi connectivity index (χ0v) is 11.9. The third-order valence-corrected chi connectivity index (χ3v) is 4.42. The van der Waals surface area contributed by atoms with Crippen molar-refractivity contribution in [2.45, 2.75) is 5.85 Å². The lowest BCUT2D eigenvalue weighted by molar-refractivity contribution is 0.285.